The lowest BCUT2D eigenvalue weighted by Crippen LogP contribution is -2.18. The molecule has 1 amide bonds. The molecule has 0 bridgehead atoms. The normalized spacial score (nSPS) is 12.6. The zero-order chi connectivity index (χ0) is 18.7. The summed E-state index contributed by atoms with van der Waals surface area (Å²) in [6.07, 6.45) is 2.53. The van der Waals surface area contributed by atoms with Gasteiger partial charge in [0.15, 0.2) is 0 Å². The third kappa shape index (κ3) is 4.12. The quantitative estimate of drug-likeness (QED) is 0.651. The van der Waals surface area contributed by atoms with Crippen molar-refractivity contribution in [3.8, 4) is 0 Å². The Morgan fingerprint density at radius 2 is 2.00 bits per heavy atom. The molecule has 1 unspecified atom stereocenters. The predicted molar refractivity (Wildman–Crippen MR) is 96.3 cm³/mol. The largest absolute Gasteiger partial charge is 0.393 e. The van der Waals surface area contributed by atoms with Crippen LogP contribution in [0.1, 0.15) is 24.6 Å². The van der Waals surface area contributed by atoms with E-state index in [-0.39, 0.29) is 17.9 Å². The van der Waals surface area contributed by atoms with Crippen molar-refractivity contribution in [2.45, 2.75) is 19.4 Å². The van der Waals surface area contributed by atoms with E-state index in [1.807, 2.05) is 0 Å². The molecule has 1 atom stereocenters. The van der Waals surface area contributed by atoms with Crippen LogP contribution in [0.5, 0.6) is 0 Å². The maximum Gasteiger partial charge on any atom is 0.227 e. The summed E-state index contributed by atoms with van der Waals surface area (Å²) in [5.74, 6) is -1.40. The average molecular weight is 357 g/mol. The van der Waals surface area contributed by atoms with Gasteiger partial charge in [-0.15, -0.1) is 0 Å². The zero-order valence-corrected chi connectivity index (χ0v) is 14.0. The van der Waals surface area contributed by atoms with Gasteiger partial charge in [-0.05, 0) is 36.8 Å². The van der Waals surface area contributed by atoms with Crippen LogP contribution in [-0.4, -0.2) is 27.3 Å². The van der Waals surface area contributed by atoms with Gasteiger partial charge in [0.1, 0.15) is 11.6 Å². The summed E-state index contributed by atoms with van der Waals surface area (Å²) in [5.41, 5.74) is 1.83. The molecule has 0 aliphatic rings. The van der Waals surface area contributed by atoms with Gasteiger partial charge >= 0.3 is 0 Å². The summed E-state index contributed by atoms with van der Waals surface area (Å²) >= 11 is 0. The topological polar surface area (TPSA) is 78.0 Å². The second kappa shape index (κ2) is 7.45. The third-order valence-corrected chi connectivity index (χ3v) is 3.74. The number of carbonyl (C=O) groups is 1. The lowest BCUT2D eigenvalue weighted by Gasteiger charge is -2.08. The Bertz CT molecular complexity index is 963. The molecule has 5 nitrogen and oxygen atoms in total. The van der Waals surface area contributed by atoms with Gasteiger partial charge < -0.3 is 10.4 Å². The van der Waals surface area contributed by atoms with Gasteiger partial charge in [-0.2, -0.15) is 5.10 Å². The van der Waals surface area contributed by atoms with Crippen LogP contribution in [-0.2, 0) is 4.79 Å². The molecular weight excluding hydrogens is 340 g/mol. The van der Waals surface area contributed by atoms with E-state index in [4.69, 9.17) is 0 Å². The van der Waals surface area contributed by atoms with E-state index in [0.717, 1.165) is 5.56 Å². The minimum absolute atomic E-state index is 0.0148. The van der Waals surface area contributed by atoms with Crippen molar-refractivity contribution in [3.63, 3.8) is 0 Å². The summed E-state index contributed by atoms with van der Waals surface area (Å²) in [6.45, 7) is 1.48. The smallest absolute Gasteiger partial charge is 0.227 e. The second-order valence-corrected chi connectivity index (χ2v) is 5.97. The number of halogens is 2. The van der Waals surface area contributed by atoms with E-state index in [1.165, 1.54) is 31.2 Å². The number of aromatic amines is 1. The Morgan fingerprint density at radius 3 is 2.69 bits per heavy atom. The second-order valence-electron chi connectivity index (χ2n) is 5.97. The van der Waals surface area contributed by atoms with Gasteiger partial charge in [-0.1, -0.05) is 18.2 Å². The summed E-state index contributed by atoms with van der Waals surface area (Å²) < 4.78 is 27.1. The standard InChI is InChI=1S/C19H17F2N3O2/c1-11(25)8-19(26)22-18-9-14-16(23-24-17(14)10-15(18)21)7-4-12-2-5-13(20)6-3-12/h2-7,9-11,25H,8H2,1H3,(H,22,26)(H,23,24). The Hall–Kier alpha value is -3.06. The van der Waals surface area contributed by atoms with Crippen LogP contribution in [0.3, 0.4) is 0 Å². The number of hydrogen-bond donors (Lipinski definition) is 3. The first-order valence-corrected chi connectivity index (χ1v) is 8.01. The molecule has 0 fully saturated rings. The molecule has 2 aromatic carbocycles. The van der Waals surface area contributed by atoms with Crippen molar-refractivity contribution >= 4 is 34.6 Å². The molecule has 0 saturated carbocycles. The maximum atomic E-state index is 14.1. The highest BCUT2D eigenvalue weighted by Crippen LogP contribution is 2.25. The highest BCUT2D eigenvalue weighted by atomic mass is 19.1. The number of nitrogens with zero attached hydrogens (tertiary/aromatic N) is 1. The first-order valence-electron chi connectivity index (χ1n) is 8.01. The number of fused-ring (bicyclic) bond motifs is 1. The number of amides is 1. The molecule has 3 aromatic rings. The fraction of sp³-hybridized carbons (Fsp3) is 0.158. The number of rotatable bonds is 5. The number of H-pyrrole nitrogens is 1. The Morgan fingerprint density at radius 1 is 1.27 bits per heavy atom. The molecule has 1 heterocycles. The van der Waals surface area contributed by atoms with E-state index < -0.39 is 17.8 Å². The lowest BCUT2D eigenvalue weighted by molar-refractivity contribution is -0.117. The summed E-state index contributed by atoms with van der Waals surface area (Å²) in [6, 6.07) is 8.69. The van der Waals surface area contributed by atoms with Crippen LogP contribution in [0.15, 0.2) is 36.4 Å². The number of nitrogens with one attached hydrogen (secondary N) is 2. The molecule has 26 heavy (non-hydrogen) atoms. The van der Waals surface area contributed by atoms with Crippen LogP contribution < -0.4 is 5.32 Å². The molecular formula is C19H17F2N3O2. The van der Waals surface area contributed by atoms with Gasteiger partial charge in [0, 0.05) is 11.5 Å². The number of hydrogen-bond acceptors (Lipinski definition) is 3. The van der Waals surface area contributed by atoms with Crippen molar-refractivity contribution in [1.82, 2.24) is 10.2 Å². The minimum atomic E-state index is -0.815. The molecule has 1 aromatic heterocycles. The van der Waals surface area contributed by atoms with Crippen LogP contribution in [0.25, 0.3) is 23.1 Å². The maximum absolute atomic E-state index is 14.1. The highest BCUT2D eigenvalue weighted by molar-refractivity contribution is 5.96. The van der Waals surface area contributed by atoms with Crippen LogP contribution in [0, 0.1) is 11.6 Å². The highest BCUT2D eigenvalue weighted by Gasteiger charge is 2.13. The third-order valence-electron chi connectivity index (χ3n) is 3.74. The first-order chi connectivity index (χ1) is 12.4. The number of aliphatic hydroxyl groups is 1. The number of benzene rings is 2. The fourth-order valence-electron chi connectivity index (χ4n) is 2.50. The van der Waals surface area contributed by atoms with Crippen molar-refractivity contribution in [1.29, 1.82) is 0 Å². The van der Waals surface area contributed by atoms with E-state index in [9.17, 15) is 18.7 Å². The molecule has 3 N–H and O–H groups in total. The van der Waals surface area contributed by atoms with E-state index in [0.29, 0.717) is 16.6 Å². The number of aromatic nitrogens is 2. The SMILES string of the molecule is CC(O)CC(=O)Nc1cc2c(C=Cc3ccc(F)cc3)n[nH]c2cc1F. The molecule has 0 spiro atoms. The van der Waals surface area contributed by atoms with E-state index in [2.05, 4.69) is 15.5 Å². The average Bonchev–Trinajstić information content (AvgIpc) is 2.96. The summed E-state index contributed by atoms with van der Waals surface area (Å²) in [7, 11) is 0. The van der Waals surface area contributed by atoms with Crippen molar-refractivity contribution in [3.05, 3.63) is 59.3 Å². The predicted octanol–water partition coefficient (Wildman–Crippen LogP) is 3.72. The molecule has 3 rings (SSSR count). The monoisotopic (exact) mass is 357 g/mol. The summed E-state index contributed by atoms with van der Waals surface area (Å²) in [5, 5.41) is 19.2. The van der Waals surface area contributed by atoms with Gasteiger partial charge in [-0.25, -0.2) is 8.78 Å². The van der Waals surface area contributed by atoms with Crippen LogP contribution in [0.2, 0.25) is 0 Å². The van der Waals surface area contributed by atoms with Crippen LogP contribution in [0.4, 0.5) is 14.5 Å². The zero-order valence-electron chi connectivity index (χ0n) is 14.0. The fourth-order valence-corrected chi connectivity index (χ4v) is 2.50. The van der Waals surface area contributed by atoms with Crippen molar-refractivity contribution in [2.75, 3.05) is 5.32 Å². The minimum Gasteiger partial charge on any atom is -0.393 e. The molecule has 0 saturated heterocycles. The van der Waals surface area contributed by atoms with E-state index in [1.54, 1.807) is 24.3 Å². The summed E-state index contributed by atoms with van der Waals surface area (Å²) in [4.78, 5) is 11.8. The van der Waals surface area contributed by atoms with Crippen molar-refractivity contribution in [2.24, 2.45) is 0 Å². The molecule has 0 aliphatic heterocycles. The van der Waals surface area contributed by atoms with Gasteiger partial charge in [-0.3, -0.25) is 9.89 Å². The molecule has 0 radical (unpaired) electrons. The number of anilines is 1. The molecule has 7 heteroatoms. The Labute approximate surface area is 148 Å². The molecule has 134 valence electrons. The van der Waals surface area contributed by atoms with Gasteiger partial charge in [0.05, 0.1) is 29.4 Å². The number of carbonyl (C=O) groups excluding carboxylic acids is 1. The molecule has 0 aliphatic carbocycles. The van der Waals surface area contributed by atoms with Crippen LogP contribution >= 0.6 is 0 Å². The van der Waals surface area contributed by atoms with Crippen molar-refractivity contribution < 1.29 is 18.7 Å². The Kier molecular flexibility index (Phi) is 5.09. The van der Waals surface area contributed by atoms with Gasteiger partial charge in [0.2, 0.25) is 5.91 Å². The number of aliphatic hydroxyl groups excluding tert-OH is 1. The lowest BCUT2D eigenvalue weighted by atomic mass is 10.1. The first kappa shape index (κ1) is 17.8. The Balaban J connectivity index is 1.89. The van der Waals surface area contributed by atoms with Gasteiger partial charge in [0.25, 0.3) is 0 Å². The van der Waals surface area contributed by atoms with E-state index >= 15 is 0 Å².